The minimum atomic E-state index is -0.173. The second-order valence-electron chi connectivity index (χ2n) is 5.40. The van der Waals surface area contributed by atoms with Crippen LogP contribution in [0, 0.1) is 11.8 Å². The van der Waals surface area contributed by atoms with Crippen molar-refractivity contribution in [2.24, 2.45) is 11.8 Å². The maximum absolute atomic E-state index is 12.3. The fraction of sp³-hybridized carbons (Fsp3) is 0.375. The molecule has 1 heterocycles. The molecule has 1 aliphatic carbocycles. The molecule has 104 valence electrons. The van der Waals surface area contributed by atoms with Gasteiger partial charge in [-0.15, -0.1) is 0 Å². The first kappa shape index (κ1) is 13.1. The highest BCUT2D eigenvalue weighted by molar-refractivity contribution is 6.05. The van der Waals surface area contributed by atoms with Gasteiger partial charge < -0.3 is 5.11 Å². The number of benzene rings is 1. The molecule has 20 heavy (non-hydrogen) atoms. The molecule has 3 rings (SSSR count). The number of carbonyl (C=O) groups is 2. The quantitative estimate of drug-likeness (QED) is 0.671. The Hall–Kier alpha value is -1.94. The van der Waals surface area contributed by atoms with E-state index >= 15 is 0 Å². The summed E-state index contributed by atoms with van der Waals surface area (Å²) < 4.78 is 0. The van der Waals surface area contributed by atoms with Gasteiger partial charge in [-0.05, 0) is 24.0 Å². The summed E-state index contributed by atoms with van der Waals surface area (Å²) in [6, 6.07) is 7.36. The second-order valence-corrected chi connectivity index (χ2v) is 5.40. The van der Waals surface area contributed by atoms with Gasteiger partial charge in [0.25, 0.3) is 0 Å². The van der Waals surface area contributed by atoms with E-state index in [4.69, 9.17) is 5.11 Å². The minimum Gasteiger partial charge on any atom is -0.392 e. The number of hydrogen-bond donors (Lipinski definition) is 1. The smallest absolute Gasteiger partial charge is 0.233 e. The average molecular weight is 271 g/mol. The van der Waals surface area contributed by atoms with Crippen molar-refractivity contribution in [1.82, 2.24) is 4.90 Å². The molecule has 4 nitrogen and oxygen atoms in total. The molecule has 2 aliphatic rings. The van der Waals surface area contributed by atoms with Crippen LogP contribution in [-0.2, 0) is 22.7 Å². The van der Waals surface area contributed by atoms with Crippen LogP contribution in [0.5, 0.6) is 0 Å². The van der Waals surface area contributed by atoms with E-state index in [1.54, 1.807) is 0 Å². The molecular weight excluding hydrogens is 254 g/mol. The summed E-state index contributed by atoms with van der Waals surface area (Å²) in [5.74, 6) is -0.459. The van der Waals surface area contributed by atoms with E-state index < -0.39 is 0 Å². The van der Waals surface area contributed by atoms with Crippen molar-refractivity contribution in [3.8, 4) is 0 Å². The molecule has 2 atom stereocenters. The van der Waals surface area contributed by atoms with Crippen LogP contribution < -0.4 is 0 Å². The third-order valence-corrected chi connectivity index (χ3v) is 4.11. The second kappa shape index (κ2) is 5.21. The van der Waals surface area contributed by atoms with Gasteiger partial charge in [0, 0.05) is 0 Å². The van der Waals surface area contributed by atoms with Crippen LogP contribution >= 0.6 is 0 Å². The summed E-state index contributed by atoms with van der Waals surface area (Å²) in [7, 11) is 0. The van der Waals surface area contributed by atoms with Crippen LogP contribution in [0.15, 0.2) is 36.4 Å². The lowest BCUT2D eigenvalue weighted by Crippen LogP contribution is -2.30. The monoisotopic (exact) mass is 271 g/mol. The van der Waals surface area contributed by atoms with Gasteiger partial charge in [-0.2, -0.15) is 0 Å². The summed E-state index contributed by atoms with van der Waals surface area (Å²) >= 11 is 0. The number of likely N-dealkylation sites (tertiary alicyclic amines) is 1. The number of hydrogen-bond acceptors (Lipinski definition) is 3. The Morgan fingerprint density at radius 2 is 1.65 bits per heavy atom. The van der Waals surface area contributed by atoms with E-state index in [9.17, 15) is 9.59 Å². The molecule has 0 saturated carbocycles. The fourth-order valence-electron chi connectivity index (χ4n) is 3.03. The predicted molar refractivity (Wildman–Crippen MR) is 73.3 cm³/mol. The van der Waals surface area contributed by atoms with Gasteiger partial charge in [0.15, 0.2) is 0 Å². The van der Waals surface area contributed by atoms with Gasteiger partial charge in [-0.1, -0.05) is 36.4 Å². The predicted octanol–water partition coefficient (Wildman–Crippen LogP) is 1.63. The lowest BCUT2D eigenvalue weighted by Gasteiger charge is -2.15. The number of carbonyl (C=O) groups excluding carboxylic acids is 2. The van der Waals surface area contributed by atoms with Crippen LogP contribution in [0.25, 0.3) is 0 Å². The van der Waals surface area contributed by atoms with Gasteiger partial charge in [0.05, 0.1) is 25.0 Å². The topological polar surface area (TPSA) is 57.6 Å². The third-order valence-electron chi connectivity index (χ3n) is 4.11. The Morgan fingerprint density at radius 3 is 2.25 bits per heavy atom. The zero-order valence-corrected chi connectivity index (χ0v) is 11.2. The van der Waals surface area contributed by atoms with Crippen LogP contribution in [-0.4, -0.2) is 21.8 Å². The first-order chi connectivity index (χ1) is 9.70. The Bertz CT molecular complexity index is 553. The zero-order valence-electron chi connectivity index (χ0n) is 11.2. The van der Waals surface area contributed by atoms with Gasteiger partial charge >= 0.3 is 0 Å². The molecule has 1 fully saturated rings. The Labute approximate surface area is 117 Å². The number of nitrogens with zero attached hydrogens (tertiary/aromatic N) is 1. The lowest BCUT2D eigenvalue weighted by molar-refractivity contribution is -0.140. The Kier molecular flexibility index (Phi) is 3.40. The van der Waals surface area contributed by atoms with Crippen LogP contribution in [0.2, 0.25) is 0 Å². The lowest BCUT2D eigenvalue weighted by atomic mass is 9.85. The zero-order chi connectivity index (χ0) is 14.1. The molecule has 1 saturated heterocycles. The standard InChI is InChI=1S/C16H17NO3/c18-10-12-5-3-4-11(8-12)9-17-15(19)13-6-1-2-7-14(13)16(17)20/h1-5,8,13-14,18H,6-7,9-10H2/t13-,14+. The van der Waals surface area contributed by atoms with E-state index in [2.05, 4.69) is 0 Å². The number of amides is 2. The van der Waals surface area contributed by atoms with Crippen molar-refractivity contribution >= 4 is 11.8 Å². The largest absolute Gasteiger partial charge is 0.392 e. The highest BCUT2D eigenvalue weighted by Gasteiger charge is 2.46. The van der Waals surface area contributed by atoms with Gasteiger partial charge in [0.2, 0.25) is 11.8 Å². The molecule has 0 unspecified atom stereocenters. The first-order valence-electron chi connectivity index (χ1n) is 6.89. The van der Waals surface area contributed by atoms with E-state index in [-0.39, 0.29) is 30.3 Å². The number of allylic oxidation sites excluding steroid dienone is 2. The van der Waals surface area contributed by atoms with E-state index in [0.717, 1.165) is 11.1 Å². The highest BCUT2D eigenvalue weighted by Crippen LogP contribution is 2.35. The first-order valence-corrected chi connectivity index (χ1v) is 6.89. The molecule has 1 aromatic rings. The fourth-order valence-corrected chi connectivity index (χ4v) is 3.03. The summed E-state index contributed by atoms with van der Waals surface area (Å²) in [6.45, 7) is 0.267. The van der Waals surface area contributed by atoms with Crippen molar-refractivity contribution in [2.45, 2.75) is 26.0 Å². The maximum atomic E-state index is 12.3. The van der Waals surface area contributed by atoms with Crippen molar-refractivity contribution < 1.29 is 14.7 Å². The van der Waals surface area contributed by atoms with E-state index in [1.807, 2.05) is 36.4 Å². The van der Waals surface area contributed by atoms with Crippen molar-refractivity contribution in [2.75, 3.05) is 0 Å². The number of fused-ring (bicyclic) bond motifs is 1. The molecule has 0 radical (unpaired) electrons. The Morgan fingerprint density at radius 1 is 1.05 bits per heavy atom. The van der Waals surface area contributed by atoms with Gasteiger partial charge in [0.1, 0.15) is 0 Å². The molecular formula is C16H17NO3. The highest BCUT2D eigenvalue weighted by atomic mass is 16.3. The van der Waals surface area contributed by atoms with Gasteiger partial charge in [-0.25, -0.2) is 0 Å². The van der Waals surface area contributed by atoms with E-state index in [1.165, 1.54) is 4.90 Å². The SMILES string of the molecule is O=C1[C@H]2CC=CC[C@H]2C(=O)N1Cc1cccc(CO)c1. The Balaban J connectivity index is 1.80. The average Bonchev–Trinajstić information content (AvgIpc) is 2.73. The minimum absolute atomic E-state index is 0.0368. The number of aliphatic hydroxyl groups excluding tert-OH is 1. The third kappa shape index (κ3) is 2.16. The molecule has 2 amide bonds. The number of aliphatic hydroxyl groups is 1. The summed E-state index contributed by atoms with van der Waals surface area (Å²) in [6.07, 6.45) is 5.31. The maximum Gasteiger partial charge on any atom is 0.233 e. The molecule has 0 spiro atoms. The molecule has 1 aliphatic heterocycles. The molecule has 1 N–H and O–H groups in total. The van der Waals surface area contributed by atoms with Crippen LogP contribution in [0.1, 0.15) is 24.0 Å². The number of imide groups is 1. The van der Waals surface area contributed by atoms with Crippen molar-refractivity contribution in [3.63, 3.8) is 0 Å². The normalized spacial score (nSPS) is 25.1. The molecule has 4 heteroatoms. The molecule has 0 aromatic heterocycles. The molecule has 1 aromatic carbocycles. The van der Waals surface area contributed by atoms with E-state index in [0.29, 0.717) is 19.4 Å². The van der Waals surface area contributed by atoms with Gasteiger partial charge in [-0.3, -0.25) is 14.5 Å². The van der Waals surface area contributed by atoms with Crippen molar-refractivity contribution in [1.29, 1.82) is 0 Å². The van der Waals surface area contributed by atoms with Crippen LogP contribution in [0.3, 0.4) is 0 Å². The molecule has 0 bridgehead atoms. The summed E-state index contributed by atoms with van der Waals surface area (Å²) in [4.78, 5) is 26.0. The number of rotatable bonds is 3. The van der Waals surface area contributed by atoms with Crippen molar-refractivity contribution in [3.05, 3.63) is 47.5 Å². The summed E-state index contributed by atoms with van der Waals surface area (Å²) in [5.41, 5.74) is 1.67. The summed E-state index contributed by atoms with van der Waals surface area (Å²) in [5, 5.41) is 9.14. The van der Waals surface area contributed by atoms with Crippen LogP contribution in [0.4, 0.5) is 0 Å².